The third kappa shape index (κ3) is 6.35. The summed E-state index contributed by atoms with van der Waals surface area (Å²) in [6, 6.07) is 22.2. The van der Waals surface area contributed by atoms with Crippen LogP contribution >= 0.6 is 0 Å². The maximum atomic E-state index is 13.5. The SMILES string of the molecule is O=c1cc(C#CC2(O)CCCCC2)c2cnc(N3CCC(NCCc4ccccc4)CC3)nc2n1-c1ccccc1. The van der Waals surface area contributed by atoms with Crippen molar-refractivity contribution < 1.29 is 5.11 Å². The van der Waals surface area contributed by atoms with Crippen LogP contribution in [-0.2, 0) is 6.42 Å². The number of hydrogen-bond donors (Lipinski definition) is 2. The summed E-state index contributed by atoms with van der Waals surface area (Å²) in [5, 5.41) is 15.4. The Kier molecular flexibility index (Phi) is 8.13. The summed E-state index contributed by atoms with van der Waals surface area (Å²) in [7, 11) is 0. The van der Waals surface area contributed by atoms with Crippen LogP contribution < -0.4 is 15.8 Å². The highest BCUT2D eigenvalue weighted by Crippen LogP contribution is 2.28. The molecule has 0 spiro atoms. The van der Waals surface area contributed by atoms with Crippen molar-refractivity contribution in [3.63, 3.8) is 0 Å². The highest BCUT2D eigenvalue weighted by molar-refractivity contribution is 5.83. The van der Waals surface area contributed by atoms with Gasteiger partial charge in [-0.3, -0.25) is 9.36 Å². The quantitative estimate of drug-likeness (QED) is 0.343. The monoisotopic (exact) mass is 547 g/mol. The number of anilines is 1. The van der Waals surface area contributed by atoms with E-state index < -0.39 is 5.60 Å². The van der Waals surface area contributed by atoms with E-state index in [-0.39, 0.29) is 5.56 Å². The second kappa shape index (κ2) is 12.3. The molecular weight excluding hydrogens is 510 g/mol. The Hall–Kier alpha value is -3.99. The van der Waals surface area contributed by atoms with Gasteiger partial charge in [0.2, 0.25) is 5.95 Å². The summed E-state index contributed by atoms with van der Waals surface area (Å²) >= 11 is 0. The van der Waals surface area contributed by atoms with Crippen molar-refractivity contribution in [2.45, 2.75) is 63.0 Å². The molecule has 3 heterocycles. The Morgan fingerprint density at radius 2 is 1.68 bits per heavy atom. The van der Waals surface area contributed by atoms with Crippen LogP contribution in [0.4, 0.5) is 5.95 Å². The fraction of sp³-hybridized carbons (Fsp3) is 0.382. The number of aliphatic hydroxyl groups is 1. The molecule has 2 aromatic heterocycles. The molecule has 0 bridgehead atoms. The lowest BCUT2D eigenvalue weighted by molar-refractivity contribution is 0.0610. The Labute approximate surface area is 241 Å². The van der Waals surface area contributed by atoms with E-state index in [0.717, 1.165) is 63.8 Å². The predicted molar refractivity (Wildman–Crippen MR) is 163 cm³/mol. The van der Waals surface area contributed by atoms with E-state index in [1.165, 1.54) is 5.56 Å². The molecule has 0 atom stereocenters. The molecule has 2 N–H and O–H groups in total. The smallest absolute Gasteiger partial charge is 0.258 e. The van der Waals surface area contributed by atoms with E-state index in [0.29, 0.717) is 41.4 Å². The molecule has 0 amide bonds. The minimum Gasteiger partial charge on any atom is -0.378 e. The summed E-state index contributed by atoms with van der Waals surface area (Å²) in [6.45, 7) is 2.65. The first-order valence-electron chi connectivity index (χ1n) is 14.8. The zero-order valence-electron chi connectivity index (χ0n) is 23.4. The van der Waals surface area contributed by atoms with Gasteiger partial charge in [0.25, 0.3) is 5.56 Å². The van der Waals surface area contributed by atoms with E-state index in [2.05, 4.69) is 52.4 Å². The average molecular weight is 548 g/mol. The summed E-state index contributed by atoms with van der Waals surface area (Å²) in [4.78, 5) is 25.4. The fourth-order valence-electron chi connectivity index (χ4n) is 5.97. The molecule has 0 unspecified atom stereocenters. The third-order valence-corrected chi connectivity index (χ3v) is 8.34. The predicted octanol–water partition coefficient (Wildman–Crippen LogP) is 4.63. The van der Waals surface area contributed by atoms with Gasteiger partial charge < -0.3 is 15.3 Å². The van der Waals surface area contributed by atoms with E-state index in [9.17, 15) is 9.90 Å². The zero-order chi connectivity index (χ0) is 28.1. The largest absolute Gasteiger partial charge is 0.378 e. The highest BCUT2D eigenvalue weighted by atomic mass is 16.3. The second-order valence-electron chi connectivity index (χ2n) is 11.3. The zero-order valence-corrected chi connectivity index (χ0v) is 23.4. The molecule has 1 saturated heterocycles. The van der Waals surface area contributed by atoms with Crippen LogP contribution in [-0.4, -0.2) is 50.9 Å². The van der Waals surface area contributed by atoms with Gasteiger partial charge >= 0.3 is 0 Å². The van der Waals surface area contributed by atoms with Gasteiger partial charge in [0.05, 0.1) is 11.1 Å². The van der Waals surface area contributed by atoms with Gasteiger partial charge in [0, 0.05) is 37.0 Å². The van der Waals surface area contributed by atoms with E-state index in [4.69, 9.17) is 9.97 Å². The van der Waals surface area contributed by atoms with Crippen molar-refractivity contribution in [3.8, 4) is 17.5 Å². The van der Waals surface area contributed by atoms with Crippen molar-refractivity contribution in [3.05, 3.63) is 94.4 Å². The number of benzene rings is 2. The summed E-state index contributed by atoms with van der Waals surface area (Å²) in [5.41, 5.74) is 2.00. The third-order valence-electron chi connectivity index (χ3n) is 8.34. The standard InChI is InChI=1S/C34H37N5O2/c40-31-24-27(14-20-34(41)18-8-3-9-19-34)30-25-36-33(37-32(30)39(31)29-12-6-2-7-13-29)38-22-16-28(17-23-38)35-21-15-26-10-4-1-5-11-26/h1-2,4-7,10-13,24-25,28,35,41H,3,8-9,15-19,21-23H2. The maximum Gasteiger partial charge on any atom is 0.258 e. The van der Waals surface area contributed by atoms with Gasteiger partial charge in [-0.25, -0.2) is 4.98 Å². The van der Waals surface area contributed by atoms with Crippen molar-refractivity contribution >= 4 is 17.0 Å². The first-order valence-corrected chi connectivity index (χ1v) is 14.8. The summed E-state index contributed by atoms with van der Waals surface area (Å²) in [5.74, 6) is 6.85. The minimum absolute atomic E-state index is 0.199. The molecule has 1 aliphatic heterocycles. The summed E-state index contributed by atoms with van der Waals surface area (Å²) < 4.78 is 1.64. The Morgan fingerprint density at radius 3 is 2.41 bits per heavy atom. The lowest BCUT2D eigenvalue weighted by Crippen LogP contribution is -2.43. The molecular formula is C34H37N5O2. The Balaban J connectivity index is 1.25. The maximum absolute atomic E-state index is 13.5. The number of pyridine rings is 1. The molecule has 210 valence electrons. The molecule has 0 radical (unpaired) electrons. The lowest BCUT2D eigenvalue weighted by Gasteiger charge is -2.32. The fourth-order valence-corrected chi connectivity index (χ4v) is 5.97. The normalized spacial score (nSPS) is 17.2. The van der Waals surface area contributed by atoms with Gasteiger partial charge in [-0.1, -0.05) is 66.8 Å². The van der Waals surface area contributed by atoms with Gasteiger partial charge in [-0.05, 0) is 69.2 Å². The molecule has 2 fully saturated rings. The number of aromatic nitrogens is 3. The van der Waals surface area contributed by atoms with Crippen molar-refractivity contribution in [1.29, 1.82) is 0 Å². The first-order chi connectivity index (χ1) is 20.1. The number of rotatable bonds is 6. The van der Waals surface area contributed by atoms with Crippen molar-refractivity contribution in [2.75, 3.05) is 24.5 Å². The van der Waals surface area contributed by atoms with Gasteiger partial charge in [0.15, 0.2) is 5.65 Å². The number of para-hydroxylation sites is 1. The topological polar surface area (TPSA) is 83.3 Å². The van der Waals surface area contributed by atoms with Crippen molar-refractivity contribution in [1.82, 2.24) is 19.9 Å². The molecule has 7 heteroatoms. The summed E-state index contributed by atoms with van der Waals surface area (Å²) in [6.07, 6.45) is 9.20. The molecule has 6 rings (SSSR count). The van der Waals surface area contributed by atoms with Gasteiger partial charge in [-0.15, -0.1) is 0 Å². The van der Waals surface area contributed by atoms with Crippen LogP contribution in [0.2, 0.25) is 0 Å². The Morgan fingerprint density at radius 1 is 0.976 bits per heavy atom. The lowest BCUT2D eigenvalue weighted by atomic mass is 9.85. The number of piperidine rings is 1. The molecule has 4 aromatic rings. The number of nitrogens with one attached hydrogen (secondary N) is 1. The van der Waals surface area contributed by atoms with Crippen LogP contribution in [0, 0.1) is 11.8 Å². The van der Waals surface area contributed by atoms with E-state index >= 15 is 0 Å². The van der Waals surface area contributed by atoms with Crippen LogP contribution in [0.15, 0.2) is 77.7 Å². The second-order valence-corrected chi connectivity index (χ2v) is 11.3. The van der Waals surface area contributed by atoms with Crippen LogP contribution in [0.1, 0.15) is 56.1 Å². The first kappa shape index (κ1) is 27.2. The number of nitrogens with zero attached hydrogens (tertiary/aromatic N) is 4. The average Bonchev–Trinajstić information content (AvgIpc) is 3.01. The molecule has 41 heavy (non-hydrogen) atoms. The van der Waals surface area contributed by atoms with E-state index in [1.807, 2.05) is 30.3 Å². The molecule has 2 aliphatic rings. The van der Waals surface area contributed by atoms with Crippen LogP contribution in [0.3, 0.4) is 0 Å². The van der Waals surface area contributed by atoms with Gasteiger partial charge in [-0.2, -0.15) is 4.98 Å². The van der Waals surface area contributed by atoms with E-state index in [1.54, 1.807) is 16.8 Å². The highest BCUT2D eigenvalue weighted by Gasteiger charge is 2.27. The van der Waals surface area contributed by atoms with Crippen molar-refractivity contribution in [2.24, 2.45) is 0 Å². The minimum atomic E-state index is -1.00. The molecule has 1 aliphatic carbocycles. The Bertz CT molecular complexity index is 1590. The van der Waals surface area contributed by atoms with Gasteiger partial charge in [0.1, 0.15) is 5.60 Å². The molecule has 1 saturated carbocycles. The number of hydrogen-bond acceptors (Lipinski definition) is 6. The van der Waals surface area contributed by atoms with Crippen LogP contribution in [0.5, 0.6) is 0 Å². The molecule has 7 nitrogen and oxygen atoms in total. The molecule has 2 aromatic carbocycles. The number of fused-ring (bicyclic) bond motifs is 1. The van der Waals surface area contributed by atoms with Crippen LogP contribution in [0.25, 0.3) is 16.7 Å².